The summed E-state index contributed by atoms with van der Waals surface area (Å²) >= 11 is 0. The minimum Gasteiger partial charge on any atom is -0.497 e. The third kappa shape index (κ3) is 4.46. The van der Waals surface area contributed by atoms with E-state index in [0.717, 1.165) is 0 Å². The molecule has 0 aliphatic carbocycles. The third-order valence-electron chi connectivity index (χ3n) is 3.73. The zero-order valence-corrected chi connectivity index (χ0v) is 14.7. The van der Waals surface area contributed by atoms with E-state index in [4.69, 9.17) is 9.47 Å². The highest BCUT2D eigenvalue weighted by Crippen LogP contribution is 2.16. The number of methoxy groups -OCH3 is 1. The van der Waals surface area contributed by atoms with Crippen molar-refractivity contribution in [3.63, 3.8) is 0 Å². The van der Waals surface area contributed by atoms with E-state index in [1.165, 1.54) is 17.9 Å². The number of nitrogens with one attached hydrogen (secondary N) is 1. The molecule has 9 nitrogen and oxygen atoms in total. The number of hydrogen-bond donors (Lipinski definition) is 1. The molecule has 0 radical (unpaired) electrons. The van der Waals surface area contributed by atoms with Crippen molar-refractivity contribution in [1.82, 2.24) is 20.2 Å². The van der Waals surface area contributed by atoms with Crippen LogP contribution >= 0.6 is 0 Å². The molecule has 0 saturated carbocycles. The highest BCUT2D eigenvalue weighted by atomic mass is 16.5. The first-order chi connectivity index (χ1) is 13.1. The molecule has 1 atom stereocenters. The summed E-state index contributed by atoms with van der Waals surface area (Å²) in [6, 6.07) is 13.3. The summed E-state index contributed by atoms with van der Waals surface area (Å²) in [6.45, 7) is 1.51. The number of rotatable bonds is 6. The SMILES string of the molecule is COc1ccc(NC(=O)[C@@H](C)OC(=O)c2ccc(-n3cnnn3)cc2)cc1. The lowest BCUT2D eigenvalue weighted by Gasteiger charge is -2.14. The highest BCUT2D eigenvalue weighted by Gasteiger charge is 2.19. The van der Waals surface area contributed by atoms with E-state index < -0.39 is 18.0 Å². The second-order valence-electron chi connectivity index (χ2n) is 5.57. The van der Waals surface area contributed by atoms with Gasteiger partial charge in [-0.1, -0.05) is 0 Å². The summed E-state index contributed by atoms with van der Waals surface area (Å²) < 4.78 is 11.7. The molecule has 0 unspecified atom stereocenters. The van der Waals surface area contributed by atoms with Crippen molar-refractivity contribution in [3.05, 3.63) is 60.4 Å². The highest BCUT2D eigenvalue weighted by molar-refractivity contribution is 5.97. The van der Waals surface area contributed by atoms with Gasteiger partial charge < -0.3 is 14.8 Å². The Balaban J connectivity index is 1.58. The van der Waals surface area contributed by atoms with E-state index in [2.05, 4.69) is 20.8 Å². The lowest BCUT2D eigenvalue weighted by Crippen LogP contribution is -2.30. The summed E-state index contributed by atoms with van der Waals surface area (Å²) in [7, 11) is 1.56. The van der Waals surface area contributed by atoms with Crippen LogP contribution in [0.3, 0.4) is 0 Å². The number of aromatic nitrogens is 4. The van der Waals surface area contributed by atoms with Crippen LogP contribution in [0.4, 0.5) is 5.69 Å². The molecule has 27 heavy (non-hydrogen) atoms. The molecule has 0 aliphatic heterocycles. The summed E-state index contributed by atoms with van der Waals surface area (Å²) in [4.78, 5) is 24.4. The van der Waals surface area contributed by atoms with Crippen LogP contribution in [-0.2, 0) is 9.53 Å². The van der Waals surface area contributed by atoms with Gasteiger partial charge in [-0.25, -0.2) is 9.48 Å². The zero-order valence-electron chi connectivity index (χ0n) is 14.7. The summed E-state index contributed by atoms with van der Waals surface area (Å²) in [5, 5.41) is 13.5. The van der Waals surface area contributed by atoms with Gasteiger partial charge in [-0.2, -0.15) is 0 Å². The number of tetrazole rings is 1. The minimum absolute atomic E-state index is 0.316. The molecular formula is C18H17N5O4. The Morgan fingerprint density at radius 3 is 2.37 bits per heavy atom. The lowest BCUT2D eigenvalue weighted by molar-refractivity contribution is -0.123. The predicted octanol–water partition coefficient (Wildman–Crippen LogP) is 1.85. The number of ether oxygens (including phenoxy) is 2. The van der Waals surface area contributed by atoms with Crippen LogP contribution in [-0.4, -0.2) is 45.3 Å². The molecular weight excluding hydrogens is 350 g/mol. The number of amides is 1. The van der Waals surface area contributed by atoms with Gasteiger partial charge in [0, 0.05) is 5.69 Å². The van der Waals surface area contributed by atoms with Gasteiger partial charge >= 0.3 is 5.97 Å². The fourth-order valence-corrected chi connectivity index (χ4v) is 2.23. The third-order valence-corrected chi connectivity index (χ3v) is 3.73. The van der Waals surface area contributed by atoms with Gasteiger partial charge in [0.2, 0.25) is 0 Å². The minimum atomic E-state index is -0.959. The monoisotopic (exact) mass is 367 g/mol. The molecule has 0 aliphatic rings. The Kier molecular flexibility index (Phi) is 5.41. The second-order valence-corrected chi connectivity index (χ2v) is 5.57. The molecule has 3 aromatic rings. The number of esters is 1. The zero-order chi connectivity index (χ0) is 19.2. The first-order valence-corrected chi connectivity index (χ1v) is 8.06. The average Bonchev–Trinajstić information content (AvgIpc) is 3.23. The molecule has 2 aromatic carbocycles. The topological polar surface area (TPSA) is 108 Å². The van der Waals surface area contributed by atoms with Gasteiger partial charge in [0.1, 0.15) is 12.1 Å². The quantitative estimate of drug-likeness (QED) is 0.662. The van der Waals surface area contributed by atoms with Crippen LogP contribution in [0.1, 0.15) is 17.3 Å². The molecule has 1 heterocycles. The Labute approximate surface area is 154 Å². The van der Waals surface area contributed by atoms with E-state index in [1.807, 2.05) is 0 Å². The number of benzene rings is 2. The Hall–Kier alpha value is -3.75. The van der Waals surface area contributed by atoms with Gasteiger partial charge in [0.25, 0.3) is 5.91 Å². The standard InChI is InChI=1S/C18H17N5O4/c1-12(17(24)20-14-5-9-16(26-2)10-6-14)27-18(25)13-3-7-15(8-4-13)23-11-19-21-22-23/h3-12H,1-2H3,(H,20,24)/t12-/m1/s1. The van der Waals surface area contributed by atoms with Gasteiger partial charge in [-0.05, 0) is 65.9 Å². The number of anilines is 1. The number of hydrogen-bond acceptors (Lipinski definition) is 7. The van der Waals surface area contributed by atoms with Crippen molar-refractivity contribution >= 4 is 17.6 Å². The first-order valence-electron chi connectivity index (χ1n) is 8.06. The second kappa shape index (κ2) is 8.09. The van der Waals surface area contributed by atoms with Crippen molar-refractivity contribution in [3.8, 4) is 11.4 Å². The largest absolute Gasteiger partial charge is 0.497 e. The maximum Gasteiger partial charge on any atom is 0.338 e. The average molecular weight is 367 g/mol. The predicted molar refractivity (Wildman–Crippen MR) is 95.7 cm³/mol. The molecule has 9 heteroatoms. The fourth-order valence-electron chi connectivity index (χ4n) is 2.23. The van der Waals surface area contributed by atoms with Crippen LogP contribution in [0.15, 0.2) is 54.9 Å². The van der Waals surface area contributed by atoms with E-state index in [0.29, 0.717) is 22.7 Å². The number of carbonyl (C=O) groups excluding carboxylic acids is 2. The van der Waals surface area contributed by atoms with Crippen molar-refractivity contribution in [1.29, 1.82) is 0 Å². The van der Waals surface area contributed by atoms with E-state index in [9.17, 15) is 9.59 Å². The van der Waals surface area contributed by atoms with Crippen LogP contribution in [0, 0.1) is 0 Å². The van der Waals surface area contributed by atoms with Crippen molar-refractivity contribution in [2.45, 2.75) is 13.0 Å². The van der Waals surface area contributed by atoms with Crippen LogP contribution in [0.5, 0.6) is 5.75 Å². The van der Waals surface area contributed by atoms with Crippen LogP contribution in [0.2, 0.25) is 0 Å². The van der Waals surface area contributed by atoms with Gasteiger partial charge in [0.15, 0.2) is 6.10 Å². The summed E-state index contributed by atoms with van der Waals surface area (Å²) in [5.74, 6) is -0.355. The molecule has 0 saturated heterocycles. The van der Waals surface area contributed by atoms with Gasteiger partial charge in [0.05, 0.1) is 18.4 Å². The first kappa shape index (κ1) is 18.1. The molecule has 1 aromatic heterocycles. The van der Waals surface area contributed by atoms with Crippen LogP contribution in [0.25, 0.3) is 5.69 Å². The summed E-state index contributed by atoms with van der Waals surface area (Å²) in [6.07, 6.45) is 0.484. The van der Waals surface area contributed by atoms with Crippen molar-refractivity contribution in [2.75, 3.05) is 12.4 Å². The Morgan fingerprint density at radius 2 is 1.78 bits per heavy atom. The lowest BCUT2D eigenvalue weighted by atomic mass is 10.2. The van der Waals surface area contributed by atoms with E-state index in [1.54, 1.807) is 55.6 Å². The van der Waals surface area contributed by atoms with Crippen molar-refractivity contribution < 1.29 is 19.1 Å². The Morgan fingerprint density at radius 1 is 1.07 bits per heavy atom. The molecule has 0 bridgehead atoms. The maximum atomic E-state index is 12.2. The molecule has 1 amide bonds. The van der Waals surface area contributed by atoms with E-state index in [-0.39, 0.29) is 0 Å². The molecule has 0 fully saturated rings. The number of nitrogens with zero attached hydrogens (tertiary/aromatic N) is 4. The molecule has 0 spiro atoms. The normalized spacial score (nSPS) is 11.5. The van der Waals surface area contributed by atoms with Crippen LogP contribution < -0.4 is 10.1 Å². The van der Waals surface area contributed by atoms with Crippen molar-refractivity contribution in [2.24, 2.45) is 0 Å². The van der Waals surface area contributed by atoms with Gasteiger partial charge in [-0.3, -0.25) is 4.79 Å². The molecule has 3 rings (SSSR count). The Bertz CT molecular complexity index is 908. The summed E-state index contributed by atoms with van der Waals surface area (Å²) in [5.41, 5.74) is 1.59. The van der Waals surface area contributed by atoms with E-state index >= 15 is 0 Å². The molecule has 138 valence electrons. The fraction of sp³-hybridized carbons (Fsp3) is 0.167. The van der Waals surface area contributed by atoms with Gasteiger partial charge in [-0.15, -0.1) is 5.10 Å². The smallest absolute Gasteiger partial charge is 0.338 e. The number of carbonyl (C=O) groups is 2. The molecule has 1 N–H and O–H groups in total. The maximum absolute atomic E-state index is 12.2.